The topological polar surface area (TPSA) is 76.6 Å². The minimum absolute atomic E-state index is 0.0751. The highest BCUT2D eigenvalue weighted by Crippen LogP contribution is 2.38. The van der Waals surface area contributed by atoms with Gasteiger partial charge in [0.1, 0.15) is 13.2 Å². The van der Waals surface area contributed by atoms with Gasteiger partial charge < -0.3 is 19.7 Å². The molecular formula is C24H26N4O3S2. The zero-order valence-electron chi connectivity index (χ0n) is 18.5. The van der Waals surface area contributed by atoms with Gasteiger partial charge in [-0.3, -0.25) is 4.79 Å². The van der Waals surface area contributed by atoms with E-state index in [1.54, 1.807) is 0 Å². The van der Waals surface area contributed by atoms with Crippen LogP contribution in [0.3, 0.4) is 0 Å². The van der Waals surface area contributed by atoms with Gasteiger partial charge in [-0.1, -0.05) is 54.3 Å². The molecule has 1 atom stereocenters. The van der Waals surface area contributed by atoms with Gasteiger partial charge in [0.2, 0.25) is 11.0 Å². The van der Waals surface area contributed by atoms with Crippen molar-refractivity contribution in [2.24, 2.45) is 0 Å². The van der Waals surface area contributed by atoms with Crippen molar-refractivity contribution >= 4 is 39.8 Å². The first-order valence-electron chi connectivity index (χ1n) is 11.2. The Bertz CT molecular complexity index is 1140. The van der Waals surface area contributed by atoms with Crippen LogP contribution in [0.2, 0.25) is 0 Å². The van der Waals surface area contributed by atoms with E-state index in [0.29, 0.717) is 19.0 Å². The lowest BCUT2D eigenvalue weighted by Crippen LogP contribution is -2.32. The number of carbonyl (C=O) groups is 1. The minimum Gasteiger partial charge on any atom is -0.486 e. The fraction of sp³-hybridized carbons (Fsp3) is 0.375. The van der Waals surface area contributed by atoms with E-state index in [1.807, 2.05) is 41.3 Å². The molecule has 7 nitrogen and oxygen atoms in total. The number of hydrogen-bond donors (Lipinski definition) is 1. The molecule has 3 heterocycles. The molecule has 0 aliphatic carbocycles. The molecule has 2 aliphatic heterocycles. The molecule has 33 heavy (non-hydrogen) atoms. The number of rotatable bonds is 7. The number of ether oxygens (including phenoxy) is 2. The van der Waals surface area contributed by atoms with E-state index >= 15 is 0 Å². The Balaban J connectivity index is 1.20. The Kier molecular flexibility index (Phi) is 6.68. The largest absolute Gasteiger partial charge is 0.486 e. The van der Waals surface area contributed by atoms with Crippen LogP contribution >= 0.6 is 23.1 Å². The van der Waals surface area contributed by atoms with Gasteiger partial charge in [-0.25, -0.2) is 0 Å². The Morgan fingerprint density at radius 1 is 1.18 bits per heavy atom. The number of aromatic nitrogens is 2. The monoisotopic (exact) mass is 482 g/mol. The molecule has 1 fully saturated rings. The second kappa shape index (κ2) is 10.0. The molecular weight excluding hydrogens is 456 g/mol. The molecule has 2 aromatic carbocycles. The van der Waals surface area contributed by atoms with E-state index < -0.39 is 0 Å². The number of amides is 1. The maximum absolute atomic E-state index is 13.1. The molecule has 1 amide bonds. The summed E-state index contributed by atoms with van der Waals surface area (Å²) in [6.45, 7) is 4.04. The second-order valence-corrected chi connectivity index (χ2v) is 10.1. The summed E-state index contributed by atoms with van der Waals surface area (Å²) >= 11 is 2.92. The van der Waals surface area contributed by atoms with Crippen molar-refractivity contribution in [3.63, 3.8) is 0 Å². The fourth-order valence-corrected chi connectivity index (χ4v) is 5.92. The third-order valence-electron chi connectivity index (χ3n) is 5.89. The van der Waals surface area contributed by atoms with Gasteiger partial charge in [0.25, 0.3) is 0 Å². The number of anilines is 2. The molecule has 0 radical (unpaired) electrons. The van der Waals surface area contributed by atoms with E-state index in [2.05, 4.69) is 28.5 Å². The highest BCUT2D eigenvalue weighted by molar-refractivity contribution is 8.01. The van der Waals surface area contributed by atoms with E-state index in [0.717, 1.165) is 58.0 Å². The van der Waals surface area contributed by atoms with Crippen LogP contribution in [0.15, 0.2) is 46.8 Å². The van der Waals surface area contributed by atoms with Crippen LogP contribution in [0.4, 0.5) is 10.8 Å². The van der Waals surface area contributed by atoms with Crippen molar-refractivity contribution in [2.75, 3.05) is 30.8 Å². The molecule has 2 aliphatic rings. The van der Waals surface area contributed by atoms with Gasteiger partial charge in [-0.05, 0) is 48.6 Å². The van der Waals surface area contributed by atoms with Crippen LogP contribution in [0.25, 0.3) is 0 Å². The summed E-state index contributed by atoms with van der Waals surface area (Å²) in [6, 6.07) is 14.3. The van der Waals surface area contributed by atoms with Crippen molar-refractivity contribution in [3.05, 3.63) is 53.6 Å². The standard InChI is InChI=1S/C24H26N4O3S2/c1-2-16-6-3-4-7-18(16)25-23-26-27-24(33-23)32-15-22(29)28-11-5-8-19(28)17-9-10-20-21(14-17)31-13-12-30-20/h3-4,6-7,9-10,14,19H,2,5,8,11-13,15H2,1H3,(H,25,26)/t19-/m1/s1. The third kappa shape index (κ3) is 4.94. The molecule has 0 bridgehead atoms. The molecule has 0 saturated carbocycles. The molecule has 1 saturated heterocycles. The summed E-state index contributed by atoms with van der Waals surface area (Å²) in [6.07, 6.45) is 2.90. The number of nitrogens with zero attached hydrogens (tertiary/aromatic N) is 3. The maximum Gasteiger partial charge on any atom is 0.233 e. The van der Waals surface area contributed by atoms with E-state index in [4.69, 9.17) is 9.47 Å². The average molecular weight is 483 g/mol. The van der Waals surface area contributed by atoms with E-state index in [9.17, 15) is 4.79 Å². The Labute approximate surface area is 201 Å². The highest BCUT2D eigenvalue weighted by Gasteiger charge is 2.31. The lowest BCUT2D eigenvalue weighted by Gasteiger charge is -2.26. The number of carbonyl (C=O) groups excluding carboxylic acids is 1. The van der Waals surface area contributed by atoms with Crippen LogP contribution in [0, 0.1) is 0 Å². The van der Waals surface area contributed by atoms with Gasteiger partial charge in [-0.15, -0.1) is 10.2 Å². The molecule has 9 heteroatoms. The number of benzene rings is 2. The fourth-order valence-electron chi connectivity index (χ4n) is 4.27. The SMILES string of the molecule is CCc1ccccc1Nc1nnc(SCC(=O)N2CCC[C@@H]2c2ccc3c(c2)OCCO3)s1. The summed E-state index contributed by atoms with van der Waals surface area (Å²) in [5.74, 6) is 2.02. The van der Waals surface area contributed by atoms with Crippen molar-refractivity contribution < 1.29 is 14.3 Å². The minimum atomic E-state index is 0.0751. The first-order valence-corrected chi connectivity index (χ1v) is 13.0. The van der Waals surface area contributed by atoms with Gasteiger partial charge in [-0.2, -0.15) is 0 Å². The number of para-hydroxylation sites is 1. The van der Waals surface area contributed by atoms with Crippen LogP contribution in [0.1, 0.15) is 36.9 Å². The summed E-state index contributed by atoms with van der Waals surface area (Å²) in [5, 5.41) is 12.6. The predicted molar refractivity (Wildman–Crippen MR) is 131 cm³/mol. The number of likely N-dealkylation sites (tertiary alicyclic amines) is 1. The number of nitrogens with one attached hydrogen (secondary N) is 1. The third-order valence-corrected chi connectivity index (χ3v) is 7.85. The van der Waals surface area contributed by atoms with Crippen LogP contribution in [0.5, 0.6) is 11.5 Å². The zero-order chi connectivity index (χ0) is 22.6. The lowest BCUT2D eigenvalue weighted by atomic mass is 10.0. The summed E-state index contributed by atoms with van der Waals surface area (Å²) in [5.41, 5.74) is 3.38. The molecule has 0 spiro atoms. The van der Waals surface area contributed by atoms with Crippen LogP contribution in [-0.4, -0.2) is 46.5 Å². The van der Waals surface area contributed by atoms with Gasteiger partial charge in [0, 0.05) is 12.2 Å². The number of thioether (sulfide) groups is 1. The van der Waals surface area contributed by atoms with Crippen LogP contribution < -0.4 is 14.8 Å². The second-order valence-electron chi connectivity index (χ2n) is 7.95. The van der Waals surface area contributed by atoms with Gasteiger partial charge in [0.15, 0.2) is 15.8 Å². The van der Waals surface area contributed by atoms with Crippen molar-refractivity contribution in [1.29, 1.82) is 0 Å². The summed E-state index contributed by atoms with van der Waals surface area (Å²) in [4.78, 5) is 15.0. The first-order chi connectivity index (χ1) is 16.2. The van der Waals surface area contributed by atoms with Crippen LogP contribution in [-0.2, 0) is 11.2 Å². The normalized spacial score (nSPS) is 17.2. The molecule has 1 aromatic heterocycles. The summed E-state index contributed by atoms with van der Waals surface area (Å²) in [7, 11) is 0. The Morgan fingerprint density at radius 2 is 2.03 bits per heavy atom. The summed E-state index contributed by atoms with van der Waals surface area (Å²) < 4.78 is 12.1. The quantitative estimate of drug-likeness (QED) is 0.471. The molecule has 5 rings (SSSR count). The van der Waals surface area contributed by atoms with E-state index in [-0.39, 0.29) is 11.9 Å². The molecule has 0 unspecified atom stereocenters. The number of hydrogen-bond acceptors (Lipinski definition) is 8. The highest BCUT2D eigenvalue weighted by atomic mass is 32.2. The zero-order valence-corrected chi connectivity index (χ0v) is 20.1. The van der Waals surface area contributed by atoms with Crippen molar-refractivity contribution in [3.8, 4) is 11.5 Å². The van der Waals surface area contributed by atoms with Gasteiger partial charge in [0.05, 0.1) is 11.8 Å². The average Bonchev–Trinajstić information content (AvgIpc) is 3.52. The maximum atomic E-state index is 13.1. The number of fused-ring (bicyclic) bond motifs is 1. The Hall–Kier alpha value is -2.78. The van der Waals surface area contributed by atoms with Gasteiger partial charge >= 0.3 is 0 Å². The van der Waals surface area contributed by atoms with E-state index in [1.165, 1.54) is 28.7 Å². The Morgan fingerprint density at radius 3 is 2.91 bits per heavy atom. The molecule has 1 N–H and O–H groups in total. The predicted octanol–water partition coefficient (Wildman–Crippen LogP) is 5.07. The molecule has 172 valence electrons. The smallest absolute Gasteiger partial charge is 0.233 e. The first kappa shape index (κ1) is 22.0. The lowest BCUT2D eigenvalue weighted by molar-refractivity contribution is -0.129. The van der Waals surface area contributed by atoms with Crippen molar-refractivity contribution in [1.82, 2.24) is 15.1 Å². The van der Waals surface area contributed by atoms with Crippen molar-refractivity contribution in [2.45, 2.75) is 36.6 Å². The number of aryl methyl sites for hydroxylation is 1. The molecule has 3 aromatic rings.